The first-order chi connectivity index (χ1) is 9.67. The summed E-state index contributed by atoms with van der Waals surface area (Å²) in [6.45, 7) is 6.75. The summed E-state index contributed by atoms with van der Waals surface area (Å²) in [5, 5.41) is 6.39. The SMILES string of the molecule is CCOCCNC(=NC)NCCc1ccc(F)cc1C.I. The molecule has 1 aromatic rings. The summed E-state index contributed by atoms with van der Waals surface area (Å²) in [5.74, 6) is 0.567. The Labute approximate surface area is 143 Å². The molecule has 0 spiro atoms. The van der Waals surface area contributed by atoms with Crippen LogP contribution in [0.25, 0.3) is 0 Å². The van der Waals surface area contributed by atoms with E-state index >= 15 is 0 Å². The van der Waals surface area contributed by atoms with Gasteiger partial charge in [-0.05, 0) is 43.5 Å². The van der Waals surface area contributed by atoms with E-state index in [1.54, 1.807) is 13.1 Å². The molecule has 0 aromatic heterocycles. The predicted octanol–water partition coefficient (Wildman–Crippen LogP) is 2.50. The Bertz CT molecular complexity index is 441. The highest BCUT2D eigenvalue weighted by atomic mass is 127. The van der Waals surface area contributed by atoms with Crippen molar-refractivity contribution in [2.75, 3.05) is 33.4 Å². The fourth-order valence-corrected chi connectivity index (χ4v) is 1.86. The quantitative estimate of drug-likeness (QED) is 0.315. The van der Waals surface area contributed by atoms with Gasteiger partial charge in [0.2, 0.25) is 0 Å². The van der Waals surface area contributed by atoms with Gasteiger partial charge in [0.05, 0.1) is 6.61 Å². The van der Waals surface area contributed by atoms with Gasteiger partial charge >= 0.3 is 0 Å². The van der Waals surface area contributed by atoms with E-state index in [0.29, 0.717) is 6.61 Å². The van der Waals surface area contributed by atoms with Crippen LogP contribution < -0.4 is 10.6 Å². The highest BCUT2D eigenvalue weighted by molar-refractivity contribution is 14.0. The Morgan fingerprint density at radius 1 is 1.29 bits per heavy atom. The standard InChI is InChI=1S/C15H24FN3O.HI/c1-4-20-10-9-19-15(17-3)18-8-7-13-5-6-14(16)11-12(13)2;/h5-6,11H,4,7-10H2,1-3H3,(H2,17,18,19);1H. The molecule has 6 heteroatoms. The zero-order chi connectivity index (χ0) is 14.8. The number of benzene rings is 1. The molecule has 4 nitrogen and oxygen atoms in total. The lowest BCUT2D eigenvalue weighted by molar-refractivity contribution is 0.152. The minimum Gasteiger partial charge on any atom is -0.380 e. The van der Waals surface area contributed by atoms with Gasteiger partial charge in [-0.1, -0.05) is 6.07 Å². The Kier molecular flexibility index (Phi) is 11.2. The van der Waals surface area contributed by atoms with Crippen molar-refractivity contribution in [2.45, 2.75) is 20.3 Å². The molecule has 0 aliphatic carbocycles. The third kappa shape index (κ3) is 8.21. The summed E-state index contributed by atoms with van der Waals surface area (Å²) in [6, 6.07) is 4.89. The van der Waals surface area contributed by atoms with Crippen LogP contribution >= 0.6 is 24.0 Å². The summed E-state index contributed by atoms with van der Waals surface area (Å²) in [5.41, 5.74) is 2.12. The zero-order valence-corrected chi connectivity index (χ0v) is 15.2. The number of halogens is 2. The van der Waals surface area contributed by atoms with Crippen LogP contribution in [0.3, 0.4) is 0 Å². The first-order valence-corrected chi connectivity index (χ1v) is 6.94. The van der Waals surface area contributed by atoms with Gasteiger partial charge in [0.15, 0.2) is 5.96 Å². The van der Waals surface area contributed by atoms with Crippen molar-refractivity contribution >= 4 is 29.9 Å². The lowest BCUT2D eigenvalue weighted by Crippen LogP contribution is -2.39. The first kappa shape index (κ1) is 20.1. The van der Waals surface area contributed by atoms with Crippen LogP contribution in [0.4, 0.5) is 4.39 Å². The third-order valence-corrected chi connectivity index (χ3v) is 2.96. The van der Waals surface area contributed by atoms with Gasteiger partial charge in [-0.3, -0.25) is 4.99 Å². The van der Waals surface area contributed by atoms with Crippen LogP contribution in [0.1, 0.15) is 18.1 Å². The molecular formula is C15H25FIN3O. The van der Waals surface area contributed by atoms with Gasteiger partial charge < -0.3 is 15.4 Å². The number of hydrogen-bond donors (Lipinski definition) is 2. The molecule has 0 unspecified atom stereocenters. The highest BCUT2D eigenvalue weighted by Crippen LogP contribution is 2.10. The second-order valence-corrected chi connectivity index (χ2v) is 4.44. The van der Waals surface area contributed by atoms with E-state index in [0.717, 1.165) is 43.2 Å². The smallest absolute Gasteiger partial charge is 0.191 e. The summed E-state index contributed by atoms with van der Waals surface area (Å²) < 4.78 is 18.2. The fraction of sp³-hybridized carbons (Fsp3) is 0.533. The number of guanidine groups is 1. The topological polar surface area (TPSA) is 45.6 Å². The maximum absolute atomic E-state index is 13.0. The van der Waals surface area contributed by atoms with Crippen molar-refractivity contribution < 1.29 is 9.13 Å². The molecule has 21 heavy (non-hydrogen) atoms. The lowest BCUT2D eigenvalue weighted by Gasteiger charge is -2.12. The number of aryl methyl sites for hydroxylation is 1. The average Bonchev–Trinajstić information content (AvgIpc) is 2.43. The Balaban J connectivity index is 0.00000400. The van der Waals surface area contributed by atoms with Crippen molar-refractivity contribution in [3.63, 3.8) is 0 Å². The van der Waals surface area contributed by atoms with Crippen molar-refractivity contribution in [3.8, 4) is 0 Å². The van der Waals surface area contributed by atoms with E-state index in [-0.39, 0.29) is 29.8 Å². The van der Waals surface area contributed by atoms with Gasteiger partial charge in [0.25, 0.3) is 0 Å². The van der Waals surface area contributed by atoms with Crippen molar-refractivity contribution in [2.24, 2.45) is 4.99 Å². The number of nitrogens with one attached hydrogen (secondary N) is 2. The Hall–Kier alpha value is -0.890. The molecule has 0 fully saturated rings. The molecule has 0 aliphatic heterocycles. The molecule has 0 aliphatic rings. The van der Waals surface area contributed by atoms with Gasteiger partial charge in [-0.25, -0.2) is 4.39 Å². The molecule has 0 amide bonds. The first-order valence-electron chi connectivity index (χ1n) is 6.94. The molecule has 0 saturated carbocycles. The Morgan fingerprint density at radius 3 is 2.62 bits per heavy atom. The number of aliphatic imine (C=N–C) groups is 1. The number of hydrogen-bond acceptors (Lipinski definition) is 2. The summed E-state index contributed by atoms with van der Waals surface area (Å²) in [7, 11) is 1.74. The monoisotopic (exact) mass is 409 g/mol. The van der Waals surface area contributed by atoms with E-state index in [2.05, 4.69) is 15.6 Å². The minimum absolute atomic E-state index is 0. The lowest BCUT2D eigenvalue weighted by atomic mass is 10.1. The van der Waals surface area contributed by atoms with Crippen molar-refractivity contribution in [1.29, 1.82) is 0 Å². The Morgan fingerprint density at radius 2 is 2.00 bits per heavy atom. The highest BCUT2D eigenvalue weighted by Gasteiger charge is 2.01. The molecular weight excluding hydrogens is 384 g/mol. The van der Waals surface area contributed by atoms with Crippen LogP contribution in [0.15, 0.2) is 23.2 Å². The maximum Gasteiger partial charge on any atom is 0.191 e. The molecule has 0 radical (unpaired) electrons. The van der Waals surface area contributed by atoms with Crippen LogP contribution in [0.5, 0.6) is 0 Å². The van der Waals surface area contributed by atoms with Gasteiger partial charge in [0.1, 0.15) is 5.82 Å². The minimum atomic E-state index is -0.187. The molecule has 1 rings (SSSR count). The van der Waals surface area contributed by atoms with Crippen LogP contribution in [-0.4, -0.2) is 39.3 Å². The molecule has 2 N–H and O–H groups in total. The number of ether oxygens (including phenoxy) is 1. The van der Waals surface area contributed by atoms with Crippen LogP contribution in [0.2, 0.25) is 0 Å². The van der Waals surface area contributed by atoms with Gasteiger partial charge in [-0.15, -0.1) is 24.0 Å². The number of rotatable bonds is 7. The summed E-state index contributed by atoms with van der Waals surface area (Å²) in [6.07, 6.45) is 0.832. The van der Waals surface area contributed by atoms with Crippen LogP contribution in [-0.2, 0) is 11.2 Å². The van der Waals surface area contributed by atoms with E-state index < -0.39 is 0 Å². The second kappa shape index (κ2) is 11.7. The molecule has 0 bridgehead atoms. The van der Waals surface area contributed by atoms with Crippen LogP contribution in [0, 0.1) is 12.7 Å². The molecule has 0 heterocycles. The zero-order valence-electron chi connectivity index (χ0n) is 12.9. The molecule has 1 aromatic carbocycles. The summed E-state index contributed by atoms with van der Waals surface area (Å²) >= 11 is 0. The fourth-order valence-electron chi connectivity index (χ4n) is 1.86. The molecule has 0 atom stereocenters. The third-order valence-electron chi connectivity index (χ3n) is 2.96. The van der Waals surface area contributed by atoms with E-state index in [9.17, 15) is 4.39 Å². The maximum atomic E-state index is 13.0. The van der Waals surface area contributed by atoms with E-state index in [1.165, 1.54) is 6.07 Å². The molecule has 0 saturated heterocycles. The predicted molar refractivity (Wildman–Crippen MR) is 96.1 cm³/mol. The summed E-state index contributed by atoms with van der Waals surface area (Å²) in [4.78, 5) is 4.13. The number of nitrogens with zero attached hydrogens (tertiary/aromatic N) is 1. The van der Waals surface area contributed by atoms with E-state index in [1.807, 2.05) is 19.9 Å². The average molecular weight is 409 g/mol. The van der Waals surface area contributed by atoms with Gasteiger partial charge in [-0.2, -0.15) is 0 Å². The van der Waals surface area contributed by atoms with Gasteiger partial charge in [0, 0.05) is 26.7 Å². The van der Waals surface area contributed by atoms with Crippen molar-refractivity contribution in [3.05, 3.63) is 35.1 Å². The molecule has 120 valence electrons. The second-order valence-electron chi connectivity index (χ2n) is 4.44. The largest absolute Gasteiger partial charge is 0.380 e. The normalized spacial score (nSPS) is 11.0. The van der Waals surface area contributed by atoms with E-state index in [4.69, 9.17) is 4.74 Å². The van der Waals surface area contributed by atoms with Crippen molar-refractivity contribution in [1.82, 2.24) is 10.6 Å².